The van der Waals surface area contributed by atoms with E-state index in [9.17, 15) is 0 Å². The summed E-state index contributed by atoms with van der Waals surface area (Å²) >= 11 is 12.1. The van der Waals surface area contributed by atoms with Crippen LogP contribution in [0.1, 0.15) is 0 Å². The van der Waals surface area contributed by atoms with E-state index in [1.165, 1.54) is 23.5 Å². The van der Waals surface area contributed by atoms with E-state index in [2.05, 4.69) is 24.4 Å². The highest BCUT2D eigenvalue weighted by Crippen LogP contribution is 2.57. The Bertz CT molecular complexity index is 158. The van der Waals surface area contributed by atoms with Gasteiger partial charge in [0, 0.05) is 23.5 Å². The van der Waals surface area contributed by atoms with Crippen molar-refractivity contribution in [2.24, 2.45) is 0 Å². The van der Waals surface area contributed by atoms with Crippen LogP contribution in [0.3, 0.4) is 0 Å². The zero-order valence-corrected chi connectivity index (χ0v) is 7.22. The van der Waals surface area contributed by atoms with E-state index in [1.54, 1.807) is 0 Å². The lowest BCUT2D eigenvalue weighted by Gasteiger charge is -2.44. The van der Waals surface area contributed by atoms with Gasteiger partial charge in [-0.1, -0.05) is 0 Å². The molecule has 48 valence electrons. The lowest BCUT2D eigenvalue weighted by atomic mass is 11.2. The van der Waals surface area contributed by atoms with Crippen molar-refractivity contribution < 1.29 is 9.47 Å². The summed E-state index contributed by atoms with van der Waals surface area (Å²) in [5.74, 6) is 0. The van der Waals surface area contributed by atoms with Crippen LogP contribution in [0.25, 0.3) is 0 Å². The Labute approximate surface area is 70.6 Å². The van der Waals surface area contributed by atoms with Gasteiger partial charge in [-0.3, -0.25) is 0 Å². The molecule has 0 aromatic rings. The second kappa shape index (κ2) is 1.75. The van der Waals surface area contributed by atoms with Gasteiger partial charge in [-0.25, -0.2) is 0 Å². The van der Waals surface area contributed by atoms with Crippen LogP contribution >= 0.6 is 48.0 Å². The van der Waals surface area contributed by atoms with Gasteiger partial charge >= 0.3 is 4.45 Å². The molecular formula is C3O2S4. The van der Waals surface area contributed by atoms with Gasteiger partial charge in [0.05, 0.1) is 0 Å². The van der Waals surface area contributed by atoms with E-state index in [1.807, 2.05) is 0 Å². The molecule has 2 heterocycles. The molecule has 2 rings (SSSR count). The summed E-state index contributed by atoms with van der Waals surface area (Å²) in [6.07, 6.45) is 0. The Hall–Kier alpha value is 0.480. The molecule has 0 saturated carbocycles. The number of hydrogen-bond acceptors (Lipinski definition) is 6. The predicted molar refractivity (Wildman–Crippen MR) is 45.3 cm³/mol. The molecular weight excluding hydrogens is 196 g/mol. The zero-order valence-electron chi connectivity index (χ0n) is 3.95. The fourth-order valence-corrected chi connectivity index (χ4v) is 3.65. The van der Waals surface area contributed by atoms with Crippen LogP contribution < -0.4 is 0 Å². The first kappa shape index (κ1) is 6.21. The summed E-state index contributed by atoms with van der Waals surface area (Å²) in [5, 5.41) is 0. The second-order valence-electron chi connectivity index (χ2n) is 1.41. The molecule has 9 heavy (non-hydrogen) atoms. The number of rotatable bonds is 0. The Morgan fingerprint density at radius 2 is 1.44 bits per heavy atom. The van der Waals surface area contributed by atoms with Gasteiger partial charge in [-0.15, -0.1) is 0 Å². The van der Waals surface area contributed by atoms with E-state index < -0.39 is 4.45 Å². The van der Waals surface area contributed by atoms with Crippen molar-refractivity contribution in [3.05, 3.63) is 0 Å². The molecule has 2 fully saturated rings. The van der Waals surface area contributed by atoms with Crippen molar-refractivity contribution >= 4 is 56.7 Å². The molecule has 0 unspecified atom stereocenters. The lowest BCUT2D eigenvalue weighted by Crippen LogP contribution is -2.48. The van der Waals surface area contributed by atoms with Crippen LogP contribution in [0.5, 0.6) is 0 Å². The average molecular weight is 196 g/mol. The highest BCUT2D eigenvalue weighted by Gasteiger charge is 2.58. The van der Waals surface area contributed by atoms with Gasteiger partial charge in [0.2, 0.25) is 8.77 Å². The molecule has 0 atom stereocenters. The van der Waals surface area contributed by atoms with Gasteiger partial charge in [0.1, 0.15) is 0 Å². The second-order valence-corrected chi connectivity index (χ2v) is 5.15. The van der Waals surface area contributed by atoms with Crippen LogP contribution in [0.2, 0.25) is 0 Å². The fraction of sp³-hybridized carbons (Fsp3) is 0.333. The quantitative estimate of drug-likeness (QED) is 0.545. The van der Waals surface area contributed by atoms with Crippen molar-refractivity contribution in [1.82, 2.24) is 0 Å². The van der Waals surface area contributed by atoms with Crippen LogP contribution in [-0.2, 0) is 9.47 Å². The lowest BCUT2D eigenvalue weighted by molar-refractivity contribution is 0.0144. The summed E-state index contributed by atoms with van der Waals surface area (Å²) in [6, 6.07) is 0. The van der Waals surface area contributed by atoms with Crippen LogP contribution in [0, 0.1) is 0 Å². The molecule has 0 aliphatic carbocycles. The number of ether oxygens (including phenoxy) is 2. The molecule has 2 aliphatic rings. The van der Waals surface area contributed by atoms with Crippen molar-refractivity contribution in [2.45, 2.75) is 4.45 Å². The summed E-state index contributed by atoms with van der Waals surface area (Å²) < 4.78 is 10.5. The van der Waals surface area contributed by atoms with Gasteiger partial charge in [0.15, 0.2) is 0 Å². The van der Waals surface area contributed by atoms with E-state index in [4.69, 9.17) is 9.47 Å². The summed E-state index contributed by atoms with van der Waals surface area (Å²) in [5.41, 5.74) is 0. The largest absolute Gasteiger partial charge is 0.417 e. The molecule has 0 bridgehead atoms. The van der Waals surface area contributed by atoms with Crippen LogP contribution in [0.15, 0.2) is 0 Å². The van der Waals surface area contributed by atoms with E-state index in [-0.39, 0.29) is 0 Å². The highest BCUT2D eigenvalue weighted by molar-refractivity contribution is 8.39. The third-order valence-electron chi connectivity index (χ3n) is 0.833. The Morgan fingerprint density at radius 3 is 1.67 bits per heavy atom. The Morgan fingerprint density at radius 1 is 1.11 bits per heavy atom. The third-order valence-corrected chi connectivity index (χ3v) is 3.33. The van der Waals surface area contributed by atoms with Crippen molar-refractivity contribution in [3.63, 3.8) is 0 Å². The topological polar surface area (TPSA) is 18.5 Å². The van der Waals surface area contributed by atoms with Gasteiger partial charge < -0.3 is 9.47 Å². The number of thioether (sulfide) groups is 2. The fourth-order valence-electron chi connectivity index (χ4n) is 0.507. The number of thiocarbonyl (C=S) groups is 2. The molecule has 0 aromatic carbocycles. The average Bonchev–Trinajstić information content (AvgIpc) is 1.58. The maximum Gasteiger partial charge on any atom is 0.373 e. The predicted octanol–water partition coefficient (Wildman–Crippen LogP) is 1.69. The molecule has 2 nitrogen and oxygen atoms in total. The van der Waals surface area contributed by atoms with Gasteiger partial charge in [0.25, 0.3) is 0 Å². The minimum absolute atomic E-state index is 0.532. The maximum absolute atomic E-state index is 4.98. The van der Waals surface area contributed by atoms with E-state index in [0.717, 1.165) is 0 Å². The molecule has 2 saturated heterocycles. The van der Waals surface area contributed by atoms with Crippen molar-refractivity contribution in [1.29, 1.82) is 0 Å². The molecule has 0 N–H and O–H groups in total. The normalized spacial score (nSPS) is 28.0. The van der Waals surface area contributed by atoms with Gasteiger partial charge in [-0.05, 0) is 24.4 Å². The minimum Gasteiger partial charge on any atom is -0.417 e. The molecule has 1 spiro atoms. The standard InChI is InChI=1S/C3O2S4/c6-1-4-3(8-1)5-2(7)9-3. The molecule has 0 amide bonds. The smallest absolute Gasteiger partial charge is 0.373 e. The van der Waals surface area contributed by atoms with E-state index >= 15 is 0 Å². The zero-order chi connectivity index (χ0) is 6.48. The van der Waals surface area contributed by atoms with Gasteiger partial charge in [-0.2, -0.15) is 0 Å². The van der Waals surface area contributed by atoms with Crippen LogP contribution in [0.4, 0.5) is 0 Å². The SMILES string of the molecule is S=C1OC2(OC(=S)S2)S1. The first-order valence-electron chi connectivity index (χ1n) is 2.04. The minimum atomic E-state index is -0.561. The highest BCUT2D eigenvalue weighted by atomic mass is 32.2. The summed E-state index contributed by atoms with van der Waals surface area (Å²) in [7, 11) is 0. The molecule has 6 heteroatoms. The monoisotopic (exact) mass is 196 g/mol. The first-order valence-corrected chi connectivity index (χ1v) is 4.49. The first-order chi connectivity index (χ1) is 4.20. The molecule has 0 radical (unpaired) electrons. The van der Waals surface area contributed by atoms with E-state index in [0.29, 0.717) is 8.77 Å². The third kappa shape index (κ3) is 0.849. The molecule has 2 aliphatic heterocycles. The summed E-state index contributed by atoms with van der Waals surface area (Å²) in [6.45, 7) is 0. The van der Waals surface area contributed by atoms with Crippen LogP contribution in [-0.4, -0.2) is 13.2 Å². The van der Waals surface area contributed by atoms with Crippen molar-refractivity contribution in [2.75, 3.05) is 0 Å². The maximum atomic E-state index is 4.98. The Balaban J connectivity index is 2.01. The van der Waals surface area contributed by atoms with Crippen molar-refractivity contribution in [3.8, 4) is 0 Å². The molecule has 0 aromatic heterocycles. The Kier molecular flexibility index (Phi) is 1.20. The number of hydrogen-bond donors (Lipinski definition) is 0. The summed E-state index contributed by atoms with van der Waals surface area (Å²) in [4.78, 5) is 0.